The molecule has 0 amide bonds. The van der Waals surface area contributed by atoms with Crippen molar-refractivity contribution < 1.29 is 86.1 Å². The fraction of sp³-hybridized carbons (Fsp3) is 0.658. The zero-order valence-electron chi connectivity index (χ0n) is 33.2. The van der Waals surface area contributed by atoms with Crippen LogP contribution in [0.3, 0.4) is 0 Å². The maximum Gasteiger partial charge on any atom is 0.340 e. The fourth-order valence-corrected chi connectivity index (χ4v) is 9.25. The van der Waals surface area contributed by atoms with Crippen LogP contribution in [0.25, 0.3) is 0 Å². The van der Waals surface area contributed by atoms with Gasteiger partial charge in [-0.15, -0.1) is 0 Å². The van der Waals surface area contributed by atoms with Crippen molar-refractivity contribution in [2.24, 2.45) is 17.3 Å². The Hall–Kier alpha value is -5.17. The lowest BCUT2D eigenvalue weighted by atomic mass is 9.45. The monoisotopic (exact) mass is 805 g/mol. The van der Waals surface area contributed by atoms with Gasteiger partial charge in [0.05, 0.1) is 23.1 Å². The van der Waals surface area contributed by atoms with E-state index in [-0.39, 0.29) is 11.3 Å². The van der Waals surface area contributed by atoms with E-state index < -0.39 is 138 Å². The highest BCUT2D eigenvalue weighted by Crippen LogP contribution is 2.70. The second-order valence-corrected chi connectivity index (χ2v) is 15.3. The minimum Gasteiger partial charge on any atom is -0.465 e. The molecule has 5 rings (SSSR count). The van der Waals surface area contributed by atoms with Crippen molar-refractivity contribution in [2.45, 2.75) is 129 Å². The number of aromatic nitrogens is 1. The zero-order chi connectivity index (χ0) is 42.6. The van der Waals surface area contributed by atoms with Crippen LogP contribution in [-0.4, -0.2) is 124 Å². The van der Waals surface area contributed by atoms with Gasteiger partial charge in [-0.2, -0.15) is 0 Å². The van der Waals surface area contributed by atoms with E-state index in [4.69, 9.17) is 42.6 Å². The van der Waals surface area contributed by atoms with Gasteiger partial charge < -0.3 is 47.7 Å². The molecule has 0 radical (unpaired) electrons. The van der Waals surface area contributed by atoms with Crippen molar-refractivity contribution in [3.8, 4) is 0 Å². The number of nitrogens with zero attached hydrogens (tertiary/aromatic N) is 1. The molecule has 3 fully saturated rings. The molecule has 0 unspecified atom stereocenters. The van der Waals surface area contributed by atoms with Gasteiger partial charge in [-0.25, -0.2) is 4.79 Å². The summed E-state index contributed by atoms with van der Waals surface area (Å²) in [6, 6.07) is 2.89. The molecule has 1 aromatic rings. The van der Waals surface area contributed by atoms with Gasteiger partial charge in [0.15, 0.2) is 30.0 Å². The molecule has 57 heavy (non-hydrogen) atoms. The van der Waals surface area contributed by atoms with Gasteiger partial charge in [0.2, 0.25) is 0 Å². The Bertz CT molecular complexity index is 1860. The van der Waals surface area contributed by atoms with Gasteiger partial charge >= 0.3 is 47.8 Å². The molecular formula is C38H47NO18. The SMILES string of the molecule is CC(=O)OC[C@@]12[C@H](OC(C)=O)[C@@H](OC(C)=O)[C@@H]3[C@@H](OC(C)=O)[C@@]14O[C@@]3(C)COC(=O)c1cccnc1[C@@H](C)[C@H](C)C(=O)O[C@@H]([C@H](OC(C)=O)[C@@H]2OC(C)=O)[C@]4(C)O. The topological polar surface area (TPSA) is 253 Å². The molecule has 2 aliphatic carbocycles. The van der Waals surface area contributed by atoms with Crippen LogP contribution >= 0.6 is 0 Å². The third-order valence-corrected chi connectivity index (χ3v) is 11.4. The second-order valence-electron chi connectivity index (χ2n) is 15.3. The molecule has 1 aromatic heterocycles. The molecule has 19 nitrogen and oxygen atoms in total. The molecule has 2 aliphatic heterocycles. The van der Waals surface area contributed by atoms with Crippen LogP contribution in [0.15, 0.2) is 18.3 Å². The van der Waals surface area contributed by atoms with E-state index in [9.17, 15) is 43.5 Å². The van der Waals surface area contributed by atoms with Crippen molar-refractivity contribution in [2.75, 3.05) is 13.2 Å². The lowest BCUT2D eigenvalue weighted by molar-refractivity contribution is -0.387. The largest absolute Gasteiger partial charge is 0.465 e. The van der Waals surface area contributed by atoms with Gasteiger partial charge in [0.25, 0.3) is 0 Å². The lowest BCUT2D eigenvalue weighted by Gasteiger charge is -2.67. The number of hydrogen-bond donors (Lipinski definition) is 1. The Balaban J connectivity index is 2.01. The van der Waals surface area contributed by atoms with E-state index in [0.717, 1.165) is 48.5 Å². The molecular weight excluding hydrogens is 758 g/mol. The molecule has 1 spiro atoms. The van der Waals surface area contributed by atoms with Gasteiger partial charge in [-0.1, -0.05) is 13.8 Å². The second kappa shape index (κ2) is 15.3. The third kappa shape index (κ3) is 6.97. The Morgan fingerprint density at radius 1 is 0.772 bits per heavy atom. The lowest BCUT2D eigenvalue weighted by Crippen LogP contribution is -2.89. The van der Waals surface area contributed by atoms with Crippen molar-refractivity contribution >= 4 is 47.8 Å². The number of cyclic esters (lactones) is 1. The van der Waals surface area contributed by atoms with Crippen LogP contribution in [0.5, 0.6) is 0 Å². The maximum absolute atomic E-state index is 14.3. The summed E-state index contributed by atoms with van der Waals surface area (Å²) in [5.41, 5.74) is -10.1. The van der Waals surface area contributed by atoms with Crippen LogP contribution in [0.1, 0.15) is 91.2 Å². The van der Waals surface area contributed by atoms with Crippen molar-refractivity contribution in [3.63, 3.8) is 0 Å². The summed E-state index contributed by atoms with van der Waals surface area (Å²) in [5.74, 6) is -11.6. The minimum absolute atomic E-state index is 0.0422. The average Bonchev–Trinajstić information content (AvgIpc) is 3.32. The summed E-state index contributed by atoms with van der Waals surface area (Å²) in [4.78, 5) is 111. The van der Waals surface area contributed by atoms with E-state index in [2.05, 4.69) is 4.98 Å². The van der Waals surface area contributed by atoms with Crippen LogP contribution in [0.2, 0.25) is 0 Å². The standard InChI is InChI=1S/C38H47NO18/c1-16-17(2)33(46)56-30-28(52-20(5)42)32(55-23(8)45)37(15-49-18(3)40)31(54-22(7)44)27(51-19(4)41)25-29(53-21(6)43)38(37,36(30,10)48)57-35(25,9)14-50-34(47)24-12-11-13-39-26(16)24/h11-13,16-17,25,27-32,48H,14-15H2,1-10H3/t16-,17-,25+,27-,28-,29+,30-,31+,32-,35-,36-,37-,38-/m0/s1. The van der Waals surface area contributed by atoms with Crippen LogP contribution in [-0.2, 0) is 76.2 Å². The van der Waals surface area contributed by atoms with Crippen molar-refractivity contribution in [1.29, 1.82) is 0 Å². The third-order valence-electron chi connectivity index (χ3n) is 11.4. The number of rotatable bonds is 7. The first kappa shape index (κ1) is 43.0. The Morgan fingerprint density at radius 3 is 1.84 bits per heavy atom. The van der Waals surface area contributed by atoms with E-state index in [1.807, 2.05) is 0 Å². The smallest absolute Gasteiger partial charge is 0.340 e. The maximum atomic E-state index is 14.3. The molecule has 4 bridgehead atoms. The molecule has 0 aromatic carbocycles. The molecule has 1 saturated heterocycles. The summed E-state index contributed by atoms with van der Waals surface area (Å²) < 4.78 is 54.3. The number of ether oxygens (including phenoxy) is 9. The first-order valence-corrected chi connectivity index (χ1v) is 18.2. The van der Waals surface area contributed by atoms with Crippen LogP contribution < -0.4 is 0 Å². The number of pyridine rings is 1. The predicted molar refractivity (Wildman–Crippen MR) is 185 cm³/mol. The van der Waals surface area contributed by atoms with Crippen molar-refractivity contribution in [3.05, 3.63) is 29.6 Å². The number of esters is 8. The molecule has 1 N–H and O–H groups in total. The van der Waals surface area contributed by atoms with Gasteiger partial charge in [0, 0.05) is 53.7 Å². The first-order valence-electron chi connectivity index (χ1n) is 18.2. The van der Waals surface area contributed by atoms with E-state index in [1.165, 1.54) is 32.2 Å². The van der Waals surface area contributed by atoms with Crippen molar-refractivity contribution in [1.82, 2.24) is 4.98 Å². The molecule has 3 heterocycles. The zero-order valence-corrected chi connectivity index (χ0v) is 33.2. The Labute approximate surface area is 327 Å². The minimum atomic E-state index is -2.82. The van der Waals surface area contributed by atoms with E-state index in [1.54, 1.807) is 6.92 Å². The molecule has 4 aliphatic rings. The predicted octanol–water partition coefficient (Wildman–Crippen LogP) is 1.03. The summed E-state index contributed by atoms with van der Waals surface area (Å²) in [5, 5.41) is 13.4. The highest BCUT2D eigenvalue weighted by Gasteiger charge is 2.92. The summed E-state index contributed by atoms with van der Waals surface area (Å²) in [7, 11) is 0. The highest BCUT2D eigenvalue weighted by atomic mass is 16.7. The quantitative estimate of drug-likeness (QED) is 0.298. The first-order chi connectivity index (χ1) is 26.5. The summed E-state index contributed by atoms with van der Waals surface area (Å²) >= 11 is 0. The number of carbonyl (C=O) groups is 8. The number of fused-ring (bicyclic) bond motifs is 5. The van der Waals surface area contributed by atoms with Crippen LogP contribution in [0, 0.1) is 17.3 Å². The van der Waals surface area contributed by atoms with Gasteiger partial charge in [0.1, 0.15) is 42.0 Å². The molecule has 312 valence electrons. The van der Waals surface area contributed by atoms with Gasteiger partial charge in [-0.3, -0.25) is 38.5 Å². The average molecular weight is 806 g/mol. The summed E-state index contributed by atoms with van der Waals surface area (Å²) in [6.45, 7) is 9.67. The number of carbonyl (C=O) groups excluding carboxylic acids is 8. The normalized spacial score (nSPS) is 38.2. The Morgan fingerprint density at radius 2 is 1.30 bits per heavy atom. The van der Waals surface area contributed by atoms with Crippen LogP contribution in [0.4, 0.5) is 0 Å². The Kier molecular flexibility index (Phi) is 11.5. The summed E-state index contributed by atoms with van der Waals surface area (Å²) in [6.07, 6.45) is -10.5. The highest BCUT2D eigenvalue weighted by molar-refractivity contribution is 5.91. The van der Waals surface area contributed by atoms with E-state index in [0.29, 0.717) is 0 Å². The molecule has 2 saturated carbocycles. The fourth-order valence-electron chi connectivity index (χ4n) is 9.25. The van der Waals surface area contributed by atoms with E-state index >= 15 is 0 Å². The molecule has 19 heteroatoms. The number of hydrogen-bond acceptors (Lipinski definition) is 19. The molecule has 13 atom stereocenters. The number of aliphatic hydroxyl groups is 1. The van der Waals surface area contributed by atoms with Gasteiger partial charge in [-0.05, 0) is 26.0 Å².